The van der Waals surface area contributed by atoms with E-state index in [1.807, 2.05) is 96.7 Å². The summed E-state index contributed by atoms with van der Waals surface area (Å²) >= 11 is 0. The molecule has 6 heteroatoms. The third-order valence-electron chi connectivity index (χ3n) is 6.81. The molecule has 1 saturated heterocycles. The van der Waals surface area contributed by atoms with Crippen LogP contribution in [0, 0.1) is 13.8 Å². The average molecular weight is 481 g/mol. The van der Waals surface area contributed by atoms with Gasteiger partial charge in [0.05, 0.1) is 11.0 Å². The Balaban J connectivity index is 1.50. The van der Waals surface area contributed by atoms with Crippen molar-refractivity contribution >= 4 is 34.2 Å². The lowest BCUT2D eigenvalue weighted by atomic mass is 10.1. The molecule has 1 aromatic heterocycles. The lowest BCUT2D eigenvalue weighted by Crippen LogP contribution is -2.39. The Morgan fingerprint density at radius 3 is 2.36 bits per heavy atom. The summed E-state index contributed by atoms with van der Waals surface area (Å²) in [6, 6.07) is 23.9. The van der Waals surface area contributed by atoms with Crippen LogP contribution >= 0.6 is 0 Å². The van der Waals surface area contributed by atoms with Crippen molar-refractivity contribution in [2.45, 2.75) is 52.6 Å². The van der Waals surface area contributed by atoms with Gasteiger partial charge in [0.25, 0.3) is 0 Å². The number of benzene rings is 3. The number of fused-ring (bicyclic) bond motifs is 1. The highest BCUT2D eigenvalue weighted by Gasteiger charge is 2.35. The molecule has 2 heterocycles. The van der Waals surface area contributed by atoms with E-state index >= 15 is 0 Å². The summed E-state index contributed by atoms with van der Waals surface area (Å²) in [5.41, 5.74) is 5.82. The van der Waals surface area contributed by atoms with Gasteiger partial charge in [-0.25, -0.2) is 4.98 Å². The Kier molecular flexibility index (Phi) is 6.35. The SMILES string of the molecule is Cc1cc(C)cc(N2C[C@@H](c3nc4ccccc4n3CC(=O)N(c3ccccc3)C(C)C)CC2=O)c1. The van der Waals surface area contributed by atoms with Gasteiger partial charge in [0.1, 0.15) is 12.4 Å². The first-order chi connectivity index (χ1) is 17.3. The Bertz CT molecular complexity index is 1400. The predicted octanol–water partition coefficient (Wildman–Crippen LogP) is 5.62. The summed E-state index contributed by atoms with van der Waals surface area (Å²) in [7, 11) is 0. The number of imidazole rings is 1. The highest BCUT2D eigenvalue weighted by Crippen LogP contribution is 2.34. The van der Waals surface area contributed by atoms with E-state index in [-0.39, 0.29) is 30.3 Å². The molecule has 1 fully saturated rings. The average Bonchev–Trinajstić information content (AvgIpc) is 3.39. The minimum Gasteiger partial charge on any atom is -0.318 e. The van der Waals surface area contributed by atoms with E-state index in [2.05, 4.69) is 18.2 Å². The third kappa shape index (κ3) is 4.51. The van der Waals surface area contributed by atoms with Crippen molar-refractivity contribution in [3.8, 4) is 0 Å². The minimum atomic E-state index is -0.0947. The highest BCUT2D eigenvalue weighted by molar-refractivity contribution is 5.97. The van der Waals surface area contributed by atoms with Gasteiger partial charge < -0.3 is 14.4 Å². The number of carbonyl (C=O) groups excluding carboxylic acids is 2. The molecule has 5 rings (SSSR count). The van der Waals surface area contributed by atoms with Crippen molar-refractivity contribution in [3.63, 3.8) is 0 Å². The second-order valence-corrected chi connectivity index (χ2v) is 9.99. The van der Waals surface area contributed by atoms with Crippen LogP contribution in [0.4, 0.5) is 11.4 Å². The molecular weight excluding hydrogens is 448 g/mol. The molecule has 4 aromatic rings. The molecule has 2 amide bonds. The number of amides is 2. The van der Waals surface area contributed by atoms with Gasteiger partial charge in [-0.15, -0.1) is 0 Å². The Labute approximate surface area is 212 Å². The summed E-state index contributed by atoms with van der Waals surface area (Å²) in [4.78, 5) is 35.4. The number of hydrogen-bond acceptors (Lipinski definition) is 3. The van der Waals surface area contributed by atoms with Crippen LogP contribution < -0.4 is 9.80 Å². The van der Waals surface area contributed by atoms with Crippen molar-refractivity contribution < 1.29 is 9.59 Å². The summed E-state index contributed by atoms with van der Waals surface area (Å²) in [6.45, 7) is 8.85. The van der Waals surface area contributed by atoms with Gasteiger partial charge in [-0.05, 0) is 75.2 Å². The quantitative estimate of drug-likeness (QED) is 0.360. The fourth-order valence-electron chi connectivity index (χ4n) is 5.34. The topological polar surface area (TPSA) is 58.4 Å². The van der Waals surface area contributed by atoms with Crippen LogP contribution in [0.5, 0.6) is 0 Å². The zero-order valence-electron chi connectivity index (χ0n) is 21.3. The number of carbonyl (C=O) groups is 2. The molecule has 184 valence electrons. The smallest absolute Gasteiger partial charge is 0.247 e. The fraction of sp³-hybridized carbons (Fsp3) is 0.300. The normalized spacial score (nSPS) is 15.8. The van der Waals surface area contributed by atoms with Crippen LogP contribution in [0.1, 0.15) is 43.1 Å². The molecule has 1 aliphatic heterocycles. The molecule has 0 N–H and O–H groups in total. The van der Waals surface area contributed by atoms with Crippen molar-refractivity contribution in [2.24, 2.45) is 0 Å². The van der Waals surface area contributed by atoms with Gasteiger partial charge in [0.15, 0.2) is 0 Å². The van der Waals surface area contributed by atoms with E-state index in [1.165, 1.54) is 0 Å². The molecule has 0 aliphatic carbocycles. The molecule has 0 unspecified atom stereocenters. The fourth-order valence-corrected chi connectivity index (χ4v) is 5.34. The summed E-state index contributed by atoms with van der Waals surface area (Å²) in [6.07, 6.45) is 0.372. The van der Waals surface area contributed by atoms with Gasteiger partial charge >= 0.3 is 0 Å². The maximum atomic E-state index is 13.7. The summed E-state index contributed by atoms with van der Waals surface area (Å²) < 4.78 is 2.01. The second-order valence-electron chi connectivity index (χ2n) is 9.99. The van der Waals surface area contributed by atoms with Crippen LogP contribution in [0.15, 0.2) is 72.8 Å². The summed E-state index contributed by atoms with van der Waals surface area (Å²) in [5, 5.41) is 0. The van der Waals surface area contributed by atoms with Crippen molar-refractivity contribution in [2.75, 3.05) is 16.3 Å². The van der Waals surface area contributed by atoms with Gasteiger partial charge in [-0.2, -0.15) is 0 Å². The van der Waals surface area contributed by atoms with Crippen LogP contribution in [-0.2, 0) is 16.1 Å². The minimum absolute atomic E-state index is 0.00362. The number of aromatic nitrogens is 2. The molecule has 0 radical (unpaired) electrons. The van der Waals surface area contributed by atoms with Crippen molar-refractivity contribution in [3.05, 3.63) is 89.7 Å². The Morgan fingerprint density at radius 1 is 1.00 bits per heavy atom. The molecule has 0 bridgehead atoms. The standard InChI is InChI=1S/C30H32N4O2/c1-20(2)34(24-10-6-5-7-11-24)29(36)19-33-27-13-9-8-12-26(27)31-30(33)23-17-28(35)32(18-23)25-15-21(3)14-22(4)16-25/h5-16,20,23H,17-19H2,1-4H3/t23-/m0/s1. The Hall–Kier alpha value is -3.93. The van der Waals surface area contributed by atoms with Crippen LogP contribution in [0.2, 0.25) is 0 Å². The third-order valence-corrected chi connectivity index (χ3v) is 6.81. The molecule has 36 heavy (non-hydrogen) atoms. The van der Waals surface area contributed by atoms with E-state index in [4.69, 9.17) is 4.98 Å². The maximum Gasteiger partial charge on any atom is 0.247 e. The Morgan fingerprint density at radius 2 is 1.67 bits per heavy atom. The van der Waals surface area contributed by atoms with E-state index in [0.29, 0.717) is 13.0 Å². The van der Waals surface area contributed by atoms with Gasteiger partial charge in [-0.3, -0.25) is 9.59 Å². The first kappa shape index (κ1) is 23.8. The van der Waals surface area contributed by atoms with E-state index < -0.39 is 0 Å². The van der Waals surface area contributed by atoms with Crippen LogP contribution in [-0.4, -0.2) is 34.0 Å². The zero-order valence-corrected chi connectivity index (χ0v) is 21.3. The summed E-state index contributed by atoms with van der Waals surface area (Å²) in [5.74, 6) is 0.781. The van der Waals surface area contributed by atoms with E-state index in [1.54, 1.807) is 0 Å². The lowest BCUT2D eigenvalue weighted by Gasteiger charge is -2.28. The largest absolute Gasteiger partial charge is 0.318 e. The zero-order chi connectivity index (χ0) is 25.4. The monoisotopic (exact) mass is 480 g/mol. The lowest BCUT2D eigenvalue weighted by molar-refractivity contribution is -0.119. The molecular formula is C30H32N4O2. The first-order valence-electron chi connectivity index (χ1n) is 12.5. The van der Waals surface area contributed by atoms with Crippen LogP contribution in [0.3, 0.4) is 0 Å². The number of rotatable bonds is 6. The predicted molar refractivity (Wildman–Crippen MR) is 144 cm³/mol. The number of para-hydroxylation sites is 3. The maximum absolute atomic E-state index is 13.7. The van der Waals surface area contributed by atoms with E-state index in [0.717, 1.165) is 39.4 Å². The highest BCUT2D eigenvalue weighted by atomic mass is 16.2. The van der Waals surface area contributed by atoms with Gasteiger partial charge in [0, 0.05) is 36.3 Å². The second kappa shape index (κ2) is 9.61. The molecule has 0 saturated carbocycles. The van der Waals surface area contributed by atoms with Crippen molar-refractivity contribution in [1.82, 2.24) is 9.55 Å². The molecule has 3 aromatic carbocycles. The van der Waals surface area contributed by atoms with Gasteiger partial charge in [0.2, 0.25) is 11.8 Å². The van der Waals surface area contributed by atoms with Gasteiger partial charge in [-0.1, -0.05) is 36.4 Å². The first-order valence-corrected chi connectivity index (χ1v) is 12.5. The molecule has 1 aliphatic rings. The number of nitrogens with zero attached hydrogens (tertiary/aromatic N) is 4. The molecule has 0 spiro atoms. The number of hydrogen-bond donors (Lipinski definition) is 0. The van der Waals surface area contributed by atoms with E-state index in [9.17, 15) is 9.59 Å². The molecule has 1 atom stereocenters. The van der Waals surface area contributed by atoms with Crippen molar-refractivity contribution in [1.29, 1.82) is 0 Å². The number of aryl methyl sites for hydroxylation is 2. The van der Waals surface area contributed by atoms with Crippen LogP contribution in [0.25, 0.3) is 11.0 Å². The molecule has 6 nitrogen and oxygen atoms in total. The number of anilines is 2.